The number of carbonyl (C=O) groups is 1. The highest BCUT2D eigenvalue weighted by molar-refractivity contribution is 7.89. The van der Waals surface area contributed by atoms with E-state index in [0.717, 1.165) is 0 Å². The van der Waals surface area contributed by atoms with Gasteiger partial charge >= 0.3 is 0 Å². The Balaban J connectivity index is 1.42. The predicted octanol–water partition coefficient (Wildman–Crippen LogP) is 1.23. The van der Waals surface area contributed by atoms with Crippen molar-refractivity contribution in [1.82, 2.24) is 19.5 Å². The van der Waals surface area contributed by atoms with Crippen LogP contribution < -0.4 is 20.7 Å². The number of carbonyl (C=O) groups excluding carboxylic acids is 1. The number of methoxy groups -OCH3 is 1. The Labute approximate surface area is 191 Å². The zero-order chi connectivity index (χ0) is 23.4. The molecular weight excluding hydrogens is 446 g/mol. The molecule has 3 N–H and O–H groups in total. The smallest absolute Gasteiger partial charge is 0.252 e. The number of piperazine rings is 1. The van der Waals surface area contributed by atoms with Crippen molar-refractivity contribution in [3.63, 3.8) is 0 Å². The molecule has 33 heavy (non-hydrogen) atoms. The lowest BCUT2D eigenvalue weighted by molar-refractivity contribution is 0.0997. The fourth-order valence-electron chi connectivity index (χ4n) is 3.48. The van der Waals surface area contributed by atoms with Crippen molar-refractivity contribution in [2.45, 2.75) is 4.90 Å². The number of sulfonamides is 1. The monoisotopic (exact) mass is 469 g/mol. The van der Waals surface area contributed by atoms with E-state index in [1.807, 2.05) is 29.2 Å². The Kier molecular flexibility index (Phi) is 6.38. The maximum absolute atomic E-state index is 13.1. The Morgan fingerprint density at radius 2 is 1.82 bits per heavy atom. The van der Waals surface area contributed by atoms with Gasteiger partial charge in [-0.05, 0) is 42.5 Å². The first kappa shape index (κ1) is 22.4. The van der Waals surface area contributed by atoms with E-state index >= 15 is 0 Å². The largest absolute Gasteiger partial charge is 0.496 e. The first-order valence-electron chi connectivity index (χ1n) is 10.1. The van der Waals surface area contributed by atoms with Gasteiger partial charge in [-0.2, -0.15) is 4.31 Å². The SMILES string of the molecule is COc1ccc(S(=O)(=O)N2CCN(c3ccc(Nc4ccccn4)nn3)CC2)cc1C(N)=O. The van der Waals surface area contributed by atoms with Crippen LogP contribution in [-0.4, -0.2) is 67.1 Å². The van der Waals surface area contributed by atoms with Crippen LogP contribution in [0.5, 0.6) is 5.75 Å². The van der Waals surface area contributed by atoms with Crippen molar-refractivity contribution >= 4 is 33.4 Å². The quantitative estimate of drug-likeness (QED) is 0.522. The van der Waals surface area contributed by atoms with Crippen LogP contribution in [0.25, 0.3) is 0 Å². The lowest BCUT2D eigenvalue weighted by Gasteiger charge is -2.34. The fraction of sp³-hybridized carbons (Fsp3) is 0.238. The number of benzene rings is 1. The van der Waals surface area contributed by atoms with Gasteiger partial charge in [-0.3, -0.25) is 4.79 Å². The summed E-state index contributed by atoms with van der Waals surface area (Å²) in [6, 6.07) is 13.2. The van der Waals surface area contributed by atoms with E-state index in [4.69, 9.17) is 10.5 Å². The minimum atomic E-state index is -3.80. The fourth-order valence-corrected chi connectivity index (χ4v) is 4.92. The zero-order valence-corrected chi connectivity index (χ0v) is 18.7. The van der Waals surface area contributed by atoms with Gasteiger partial charge in [0.2, 0.25) is 10.0 Å². The van der Waals surface area contributed by atoms with Crippen molar-refractivity contribution in [3.05, 3.63) is 60.3 Å². The number of aromatic nitrogens is 3. The van der Waals surface area contributed by atoms with Crippen LogP contribution in [0.1, 0.15) is 10.4 Å². The molecule has 172 valence electrons. The van der Waals surface area contributed by atoms with Crippen molar-refractivity contribution in [2.75, 3.05) is 43.5 Å². The van der Waals surface area contributed by atoms with Crippen molar-refractivity contribution in [2.24, 2.45) is 5.73 Å². The molecule has 0 unspecified atom stereocenters. The van der Waals surface area contributed by atoms with Gasteiger partial charge in [-0.1, -0.05) is 6.07 Å². The van der Waals surface area contributed by atoms with Gasteiger partial charge in [0.1, 0.15) is 11.6 Å². The molecule has 0 radical (unpaired) electrons. The van der Waals surface area contributed by atoms with Gasteiger partial charge in [0, 0.05) is 32.4 Å². The number of nitrogens with two attached hydrogens (primary N) is 1. The van der Waals surface area contributed by atoms with E-state index in [9.17, 15) is 13.2 Å². The Bertz CT molecular complexity index is 1230. The molecule has 0 saturated carbocycles. The summed E-state index contributed by atoms with van der Waals surface area (Å²) in [4.78, 5) is 17.8. The topological polar surface area (TPSA) is 144 Å². The number of nitrogens with one attached hydrogen (secondary N) is 1. The molecule has 0 bridgehead atoms. The number of pyridine rings is 1. The first-order valence-corrected chi connectivity index (χ1v) is 11.6. The van der Waals surface area contributed by atoms with Crippen LogP contribution in [0, 0.1) is 0 Å². The molecule has 0 spiro atoms. The van der Waals surface area contributed by atoms with E-state index in [0.29, 0.717) is 30.5 Å². The molecule has 1 amide bonds. The zero-order valence-electron chi connectivity index (χ0n) is 17.9. The van der Waals surface area contributed by atoms with Crippen LogP contribution in [0.4, 0.5) is 17.5 Å². The molecular formula is C21H23N7O4S. The molecule has 11 nitrogen and oxygen atoms in total. The van der Waals surface area contributed by atoms with Crippen LogP contribution >= 0.6 is 0 Å². The Morgan fingerprint density at radius 1 is 1.03 bits per heavy atom. The van der Waals surface area contributed by atoms with E-state index in [1.54, 1.807) is 12.3 Å². The maximum atomic E-state index is 13.1. The van der Waals surface area contributed by atoms with E-state index < -0.39 is 15.9 Å². The highest BCUT2D eigenvalue weighted by atomic mass is 32.2. The summed E-state index contributed by atoms with van der Waals surface area (Å²) in [5, 5.41) is 11.5. The van der Waals surface area contributed by atoms with Gasteiger partial charge < -0.3 is 20.7 Å². The molecule has 0 aliphatic carbocycles. The second kappa shape index (κ2) is 9.38. The molecule has 1 aliphatic rings. The van der Waals surface area contributed by atoms with Gasteiger partial charge in [0.05, 0.1) is 17.6 Å². The van der Waals surface area contributed by atoms with Crippen LogP contribution in [0.15, 0.2) is 59.6 Å². The number of hydrogen-bond donors (Lipinski definition) is 2. The molecule has 0 atom stereocenters. The summed E-state index contributed by atoms with van der Waals surface area (Å²) < 4.78 is 32.7. The summed E-state index contributed by atoms with van der Waals surface area (Å²) in [5.74, 6) is 1.35. The van der Waals surface area contributed by atoms with Crippen LogP contribution in [0.3, 0.4) is 0 Å². The van der Waals surface area contributed by atoms with Gasteiger partial charge in [-0.25, -0.2) is 13.4 Å². The van der Waals surface area contributed by atoms with Crippen molar-refractivity contribution < 1.29 is 17.9 Å². The lowest BCUT2D eigenvalue weighted by Crippen LogP contribution is -2.49. The van der Waals surface area contributed by atoms with Crippen LogP contribution in [0.2, 0.25) is 0 Å². The third-order valence-corrected chi connectivity index (χ3v) is 7.10. The van der Waals surface area contributed by atoms with E-state index in [1.165, 1.54) is 29.6 Å². The first-order chi connectivity index (χ1) is 15.9. The Morgan fingerprint density at radius 3 is 2.42 bits per heavy atom. The average molecular weight is 470 g/mol. The second-order valence-electron chi connectivity index (χ2n) is 7.23. The van der Waals surface area contributed by atoms with Crippen molar-refractivity contribution in [3.8, 4) is 5.75 Å². The molecule has 4 rings (SSSR count). The minimum Gasteiger partial charge on any atom is -0.496 e. The second-order valence-corrected chi connectivity index (χ2v) is 9.17. The lowest BCUT2D eigenvalue weighted by atomic mass is 10.2. The standard InChI is InChI=1S/C21H23N7O4S/c1-32-17-6-5-15(14-16(17)21(22)29)33(30,31)28-12-10-27(11-13-28)20-8-7-19(25-26-20)24-18-4-2-3-9-23-18/h2-9,14H,10-13H2,1H3,(H2,22,29)(H,23,24,25). The third kappa shape index (κ3) is 4.86. The van der Waals surface area contributed by atoms with Crippen LogP contribution in [-0.2, 0) is 10.0 Å². The number of primary amides is 1. The highest BCUT2D eigenvalue weighted by Gasteiger charge is 2.30. The summed E-state index contributed by atoms with van der Waals surface area (Å²) in [6.45, 7) is 1.41. The number of nitrogens with zero attached hydrogens (tertiary/aromatic N) is 5. The summed E-state index contributed by atoms with van der Waals surface area (Å²) in [7, 11) is -2.41. The summed E-state index contributed by atoms with van der Waals surface area (Å²) in [6.07, 6.45) is 1.68. The predicted molar refractivity (Wildman–Crippen MR) is 122 cm³/mol. The minimum absolute atomic E-state index is 0.00436. The van der Waals surface area contributed by atoms with Gasteiger partial charge in [0.25, 0.3) is 5.91 Å². The number of rotatable bonds is 7. The maximum Gasteiger partial charge on any atom is 0.252 e. The molecule has 2 aromatic heterocycles. The molecule has 12 heteroatoms. The molecule has 3 heterocycles. The van der Waals surface area contributed by atoms with E-state index in [-0.39, 0.29) is 29.3 Å². The number of amides is 1. The molecule has 1 fully saturated rings. The molecule has 3 aromatic rings. The molecule has 1 saturated heterocycles. The van der Waals surface area contributed by atoms with Crippen molar-refractivity contribution in [1.29, 1.82) is 0 Å². The third-order valence-electron chi connectivity index (χ3n) is 5.21. The highest BCUT2D eigenvalue weighted by Crippen LogP contribution is 2.25. The summed E-state index contributed by atoms with van der Waals surface area (Å²) in [5.41, 5.74) is 5.38. The van der Waals surface area contributed by atoms with E-state index in [2.05, 4.69) is 20.5 Å². The number of ether oxygens (including phenoxy) is 1. The van der Waals surface area contributed by atoms with Gasteiger partial charge in [-0.15, -0.1) is 10.2 Å². The number of anilines is 3. The normalized spacial score (nSPS) is 14.6. The molecule has 1 aliphatic heterocycles. The summed E-state index contributed by atoms with van der Waals surface area (Å²) >= 11 is 0. The van der Waals surface area contributed by atoms with Gasteiger partial charge in [0.15, 0.2) is 11.6 Å². The Hall–Kier alpha value is -3.77. The average Bonchev–Trinajstić information content (AvgIpc) is 2.85. The number of hydrogen-bond acceptors (Lipinski definition) is 9. The molecule has 1 aromatic carbocycles.